The third kappa shape index (κ3) is 2.78. The molecular formula is C16H12FNO4S. The number of phenolic OH excluding ortho intramolecular Hbond substituents is 2. The van der Waals surface area contributed by atoms with E-state index in [2.05, 4.69) is 4.72 Å². The maximum Gasteiger partial charge on any atom is 0.262 e. The fourth-order valence-corrected chi connectivity index (χ4v) is 3.37. The zero-order chi connectivity index (χ0) is 16.6. The highest BCUT2D eigenvalue weighted by Crippen LogP contribution is 2.39. The monoisotopic (exact) mass is 333 g/mol. The molecule has 0 aliphatic carbocycles. The lowest BCUT2D eigenvalue weighted by molar-refractivity contribution is 0.408. The van der Waals surface area contributed by atoms with Gasteiger partial charge in [0.25, 0.3) is 10.0 Å². The lowest BCUT2D eigenvalue weighted by Crippen LogP contribution is -2.13. The molecule has 5 nitrogen and oxygen atoms in total. The summed E-state index contributed by atoms with van der Waals surface area (Å²) in [6, 6.07) is 12.1. The summed E-state index contributed by atoms with van der Waals surface area (Å²) < 4.78 is 40.3. The van der Waals surface area contributed by atoms with Gasteiger partial charge in [-0.15, -0.1) is 0 Å². The molecule has 23 heavy (non-hydrogen) atoms. The van der Waals surface area contributed by atoms with Gasteiger partial charge in [0.05, 0.1) is 10.6 Å². The van der Waals surface area contributed by atoms with E-state index in [1.54, 1.807) is 24.3 Å². The first-order valence-electron chi connectivity index (χ1n) is 6.60. The minimum atomic E-state index is -4.04. The molecule has 0 saturated carbocycles. The lowest BCUT2D eigenvalue weighted by Gasteiger charge is -2.13. The smallest absolute Gasteiger partial charge is 0.262 e. The van der Waals surface area contributed by atoms with Gasteiger partial charge in [-0.1, -0.05) is 30.3 Å². The van der Waals surface area contributed by atoms with E-state index in [1.165, 1.54) is 12.1 Å². The Labute approximate surface area is 131 Å². The van der Waals surface area contributed by atoms with Crippen molar-refractivity contribution in [2.45, 2.75) is 4.90 Å². The number of anilines is 1. The number of hydrogen-bond donors (Lipinski definition) is 3. The Hall–Kier alpha value is -2.80. The Bertz CT molecular complexity index is 1000. The molecule has 3 aromatic rings. The van der Waals surface area contributed by atoms with Crippen LogP contribution in [-0.2, 0) is 10.0 Å². The molecule has 0 atom stereocenters. The summed E-state index contributed by atoms with van der Waals surface area (Å²) in [6.45, 7) is 0. The highest BCUT2D eigenvalue weighted by molar-refractivity contribution is 7.92. The van der Waals surface area contributed by atoms with Crippen molar-refractivity contribution in [2.24, 2.45) is 0 Å². The van der Waals surface area contributed by atoms with E-state index in [1.807, 2.05) is 0 Å². The van der Waals surface area contributed by atoms with Crippen molar-refractivity contribution in [3.63, 3.8) is 0 Å². The molecule has 3 aromatic carbocycles. The number of hydrogen-bond acceptors (Lipinski definition) is 4. The largest absolute Gasteiger partial charge is 0.504 e. The van der Waals surface area contributed by atoms with Crippen molar-refractivity contribution in [1.82, 2.24) is 0 Å². The Morgan fingerprint density at radius 2 is 1.61 bits per heavy atom. The fraction of sp³-hybridized carbons (Fsp3) is 0. The summed E-state index contributed by atoms with van der Waals surface area (Å²) in [5.74, 6) is -1.47. The summed E-state index contributed by atoms with van der Waals surface area (Å²) in [7, 11) is -4.04. The first kappa shape index (κ1) is 15.1. The van der Waals surface area contributed by atoms with Crippen molar-refractivity contribution in [3.8, 4) is 11.5 Å². The van der Waals surface area contributed by atoms with E-state index >= 15 is 0 Å². The second kappa shape index (κ2) is 5.44. The van der Waals surface area contributed by atoms with Gasteiger partial charge in [-0.05, 0) is 18.2 Å². The second-order valence-electron chi connectivity index (χ2n) is 4.90. The number of aromatic hydroxyl groups is 2. The first-order chi connectivity index (χ1) is 10.9. The Balaban J connectivity index is 2.13. The van der Waals surface area contributed by atoms with Crippen LogP contribution >= 0.6 is 0 Å². The predicted molar refractivity (Wildman–Crippen MR) is 84.5 cm³/mol. The van der Waals surface area contributed by atoms with Gasteiger partial charge in [0, 0.05) is 16.8 Å². The molecular weight excluding hydrogens is 321 g/mol. The highest BCUT2D eigenvalue weighted by atomic mass is 32.2. The summed E-state index contributed by atoms with van der Waals surface area (Å²) >= 11 is 0. The van der Waals surface area contributed by atoms with Crippen LogP contribution in [-0.4, -0.2) is 18.6 Å². The van der Waals surface area contributed by atoms with Crippen LogP contribution in [0.1, 0.15) is 0 Å². The number of sulfonamides is 1. The van der Waals surface area contributed by atoms with Crippen molar-refractivity contribution in [3.05, 3.63) is 60.4 Å². The fourth-order valence-electron chi connectivity index (χ4n) is 2.27. The van der Waals surface area contributed by atoms with Crippen LogP contribution in [0.5, 0.6) is 11.5 Å². The lowest BCUT2D eigenvalue weighted by atomic mass is 10.1. The van der Waals surface area contributed by atoms with Crippen LogP contribution in [0.15, 0.2) is 59.5 Å². The van der Waals surface area contributed by atoms with Gasteiger partial charge in [0.15, 0.2) is 11.5 Å². The van der Waals surface area contributed by atoms with Crippen LogP contribution in [0, 0.1) is 5.82 Å². The average molecular weight is 333 g/mol. The number of nitrogens with one attached hydrogen (secondary N) is 1. The van der Waals surface area contributed by atoms with E-state index in [-0.39, 0.29) is 16.3 Å². The van der Waals surface area contributed by atoms with E-state index in [0.29, 0.717) is 10.8 Å². The third-order valence-electron chi connectivity index (χ3n) is 3.35. The maximum atomic E-state index is 13.2. The predicted octanol–water partition coefficient (Wildman–Crippen LogP) is 3.19. The van der Waals surface area contributed by atoms with Crippen LogP contribution in [0.2, 0.25) is 0 Å². The van der Waals surface area contributed by atoms with Gasteiger partial charge in [-0.25, -0.2) is 12.8 Å². The molecule has 118 valence electrons. The molecule has 0 aliphatic heterocycles. The third-order valence-corrected chi connectivity index (χ3v) is 4.71. The van der Waals surface area contributed by atoms with Gasteiger partial charge in [0.2, 0.25) is 0 Å². The molecule has 0 amide bonds. The van der Waals surface area contributed by atoms with Crippen molar-refractivity contribution >= 4 is 26.5 Å². The van der Waals surface area contributed by atoms with E-state index in [9.17, 15) is 23.0 Å². The maximum absolute atomic E-state index is 13.2. The Morgan fingerprint density at radius 1 is 0.913 bits per heavy atom. The van der Waals surface area contributed by atoms with Crippen LogP contribution in [0.25, 0.3) is 10.8 Å². The molecule has 7 heteroatoms. The molecule has 0 heterocycles. The van der Waals surface area contributed by atoms with Crippen LogP contribution in [0.4, 0.5) is 10.1 Å². The van der Waals surface area contributed by atoms with Crippen molar-refractivity contribution < 1.29 is 23.0 Å². The number of phenols is 2. The molecule has 0 aromatic heterocycles. The molecule has 0 radical (unpaired) electrons. The molecule has 0 bridgehead atoms. The number of rotatable bonds is 3. The molecule has 0 spiro atoms. The minimum Gasteiger partial charge on any atom is -0.504 e. The topological polar surface area (TPSA) is 86.6 Å². The number of benzene rings is 3. The normalized spacial score (nSPS) is 11.5. The molecule has 0 aliphatic rings. The molecule has 0 saturated heterocycles. The summed E-state index contributed by atoms with van der Waals surface area (Å²) in [6.07, 6.45) is 0. The van der Waals surface area contributed by atoms with Gasteiger partial charge in [-0.2, -0.15) is 0 Å². The summed E-state index contributed by atoms with van der Waals surface area (Å²) in [5.41, 5.74) is 0.0835. The minimum absolute atomic E-state index is 0.0835. The molecule has 0 fully saturated rings. The molecule has 3 N–H and O–H groups in total. The standard InChI is InChI=1S/C16H12FNO4S/c17-10-4-3-5-11(8-10)23(21,22)18-14-9-15(19)16(20)13-7-2-1-6-12(13)14/h1-9,18-20H. The van der Waals surface area contributed by atoms with Gasteiger partial charge in [0.1, 0.15) is 5.82 Å². The second-order valence-corrected chi connectivity index (χ2v) is 6.58. The number of fused-ring (bicyclic) bond motifs is 1. The average Bonchev–Trinajstić information content (AvgIpc) is 2.52. The SMILES string of the molecule is O=S(=O)(Nc1cc(O)c(O)c2ccccc12)c1cccc(F)c1. The Morgan fingerprint density at radius 3 is 2.30 bits per heavy atom. The van der Waals surface area contributed by atoms with Crippen molar-refractivity contribution in [2.75, 3.05) is 4.72 Å². The quantitative estimate of drug-likeness (QED) is 0.507. The zero-order valence-electron chi connectivity index (χ0n) is 11.7. The van der Waals surface area contributed by atoms with Gasteiger partial charge >= 0.3 is 0 Å². The van der Waals surface area contributed by atoms with E-state index < -0.39 is 21.6 Å². The van der Waals surface area contributed by atoms with Gasteiger partial charge < -0.3 is 10.2 Å². The van der Waals surface area contributed by atoms with Crippen LogP contribution < -0.4 is 4.72 Å². The first-order valence-corrected chi connectivity index (χ1v) is 8.09. The Kier molecular flexibility index (Phi) is 3.57. The number of halogens is 1. The van der Waals surface area contributed by atoms with E-state index in [4.69, 9.17) is 0 Å². The molecule has 3 rings (SSSR count). The highest BCUT2D eigenvalue weighted by Gasteiger charge is 2.18. The van der Waals surface area contributed by atoms with Crippen molar-refractivity contribution in [1.29, 1.82) is 0 Å². The summed E-state index contributed by atoms with van der Waals surface area (Å²) in [5, 5.41) is 20.3. The molecule has 0 unspecified atom stereocenters. The zero-order valence-corrected chi connectivity index (χ0v) is 12.5. The summed E-state index contributed by atoms with van der Waals surface area (Å²) in [4.78, 5) is -0.242. The van der Waals surface area contributed by atoms with Gasteiger partial charge in [-0.3, -0.25) is 4.72 Å². The van der Waals surface area contributed by atoms with Crippen LogP contribution in [0.3, 0.4) is 0 Å². The van der Waals surface area contributed by atoms with E-state index in [0.717, 1.165) is 18.2 Å².